The average molecular weight is 334 g/mol. The van der Waals surface area contributed by atoms with Crippen LogP contribution in [0.3, 0.4) is 0 Å². The lowest BCUT2D eigenvalue weighted by atomic mass is 9.92. The molecule has 0 spiro atoms. The van der Waals surface area contributed by atoms with Crippen molar-refractivity contribution >= 4 is 5.91 Å². The van der Waals surface area contributed by atoms with Crippen molar-refractivity contribution in [3.8, 4) is 0 Å². The topological polar surface area (TPSA) is 46.3 Å². The van der Waals surface area contributed by atoms with E-state index in [1.165, 1.54) is 12.1 Å². The van der Waals surface area contributed by atoms with Crippen molar-refractivity contribution in [2.75, 3.05) is 0 Å². The van der Waals surface area contributed by atoms with Crippen molar-refractivity contribution in [2.45, 2.75) is 31.7 Å². The van der Waals surface area contributed by atoms with Gasteiger partial charge in [0.2, 0.25) is 5.91 Å². The predicted octanol–water partition coefficient (Wildman–Crippen LogP) is 3.12. The monoisotopic (exact) mass is 334 g/mol. The molecule has 1 aliphatic rings. The van der Waals surface area contributed by atoms with E-state index in [0.717, 1.165) is 17.2 Å². The lowest BCUT2D eigenvalue weighted by Gasteiger charge is -2.35. The van der Waals surface area contributed by atoms with E-state index in [1.807, 2.05) is 24.3 Å². The summed E-state index contributed by atoms with van der Waals surface area (Å²) in [4.78, 5) is 13.5. The highest BCUT2D eigenvalue weighted by molar-refractivity contribution is 5.80. The van der Waals surface area contributed by atoms with Crippen molar-refractivity contribution in [3.05, 3.63) is 70.8 Å². The average Bonchev–Trinajstić information content (AvgIpc) is 2.53. The number of carbonyl (C=O) groups excluding carboxylic acids is 1. The van der Waals surface area contributed by atoms with Gasteiger partial charge in [-0.15, -0.1) is 0 Å². The van der Waals surface area contributed by atoms with Gasteiger partial charge in [-0.3, -0.25) is 9.69 Å². The summed E-state index contributed by atoms with van der Waals surface area (Å²) in [5.41, 5.74) is 6.99. The molecule has 0 saturated carbocycles. The fourth-order valence-corrected chi connectivity index (χ4v) is 3.18. The highest BCUT2D eigenvalue weighted by Crippen LogP contribution is 2.33. The first kappa shape index (κ1) is 16.5. The molecular weight excluding hydrogens is 317 g/mol. The number of hydrogen-bond donors (Lipinski definition) is 1. The molecule has 0 radical (unpaired) electrons. The molecule has 0 saturated heterocycles. The van der Waals surface area contributed by atoms with Crippen molar-refractivity contribution in [1.29, 1.82) is 0 Å². The number of benzene rings is 2. The third kappa shape index (κ3) is 3.28. The number of nitrogens with two attached hydrogens (primary N) is 1. The van der Waals surface area contributed by atoms with E-state index in [9.17, 15) is 18.0 Å². The summed E-state index contributed by atoms with van der Waals surface area (Å²) in [5.74, 6) is -0.519. The molecule has 1 atom stereocenters. The number of hydrogen-bond acceptors (Lipinski definition) is 2. The predicted molar refractivity (Wildman–Crippen MR) is 83.8 cm³/mol. The van der Waals surface area contributed by atoms with Crippen LogP contribution in [0.25, 0.3) is 0 Å². The van der Waals surface area contributed by atoms with Crippen LogP contribution in [-0.2, 0) is 30.5 Å². The Morgan fingerprint density at radius 3 is 2.38 bits per heavy atom. The maximum atomic E-state index is 13.2. The minimum Gasteiger partial charge on any atom is -0.368 e. The Morgan fingerprint density at radius 2 is 1.71 bits per heavy atom. The quantitative estimate of drug-likeness (QED) is 0.937. The van der Waals surface area contributed by atoms with E-state index >= 15 is 0 Å². The van der Waals surface area contributed by atoms with Crippen LogP contribution in [0.15, 0.2) is 48.5 Å². The summed E-state index contributed by atoms with van der Waals surface area (Å²) in [6.07, 6.45) is -4.01. The van der Waals surface area contributed by atoms with Gasteiger partial charge in [-0.1, -0.05) is 42.5 Å². The molecule has 126 valence electrons. The molecule has 0 bridgehead atoms. The summed E-state index contributed by atoms with van der Waals surface area (Å²) < 4.78 is 39.6. The number of carbonyl (C=O) groups is 1. The number of fused-ring (bicyclic) bond motifs is 1. The molecule has 2 N–H and O–H groups in total. The van der Waals surface area contributed by atoms with E-state index in [4.69, 9.17) is 5.73 Å². The second-order valence-electron chi connectivity index (χ2n) is 5.95. The number of primary amides is 1. The van der Waals surface area contributed by atoms with Gasteiger partial charge in [0, 0.05) is 13.1 Å². The first-order chi connectivity index (χ1) is 11.4. The van der Waals surface area contributed by atoms with Gasteiger partial charge in [0.15, 0.2) is 0 Å². The van der Waals surface area contributed by atoms with Crippen molar-refractivity contribution in [3.63, 3.8) is 0 Å². The third-order valence-corrected chi connectivity index (χ3v) is 4.37. The third-order valence-electron chi connectivity index (χ3n) is 4.37. The van der Waals surface area contributed by atoms with E-state index in [0.29, 0.717) is 13.0 Å². The van der Waals surface area contributed by atoms with Crippen LogP contribution in [-0.4, -0.2) is 16.8 Å². The van der Waals surface area contributed by atoms with Crippen molar-refractivity contribution in [2.24, 2.45) is 5.73 Å². The zero-order valence-electron chi connectivity index (χ0n) is 12.9. The zero-order valence-corrected chi connectivity index (χ0v) is 12.9. The Hall–Kier alpha value is -2.34. The Kier molecular flexibility index (Phi) is 4.32. The summed E-state index contributed by atoms with van der Waals surface area (Å²) in [6.45, 7) is 0.424. The minimum absolute atomic E-state index is 0.0254. The van der Waals surface area contributed by atoms with Crippen LogP contribution in [0.5, 0.6) is 0 Å². The molecule has 6 heteroatoms. The van der Waals surface area contributed by atoms with Crippen LogP contribution in [0.4, 0.5) is 13.2 Å². The first-order valence-electron chi connectivity index (χ1n) is 7.61. The smallest absolute Gasteiger partial charge is 0.368 e. The SMILES string of the molecule is NC(=O)C1Cc2ccccc2CN1Cc1ccccc1C(F)(F)F. The van der Waals surface area contributed by atoms with Gasteiger partial charge in [-0.2, -0.15) is 13.2 Å². The standard InChI is InChI=1S/C18H17F3N2O/c19-18(20,21)15-8-4-3-7-14(15)11-23-10-13-6-2-1-5-12(13)9-16(23)17(22)24/h1-8,16H,9-11H2,(H2,22,24). The molecule has 1 heterocycles. The molecule has 2 aromatic rings. The highest BCUT2D eigenvalue weighted by Gasteiger charge is 2.35. The summed E-state index contributed by atoms with van der Waals surface area (Å²) in [5, 5.41) is 0. The fraction of sp³-hybridized carbons (Fsp3) is 0.278. The van der Waals surface area contributed by atoms with Gasteiger partial charge in [0.1, 0.15) is 0 Å². The van der Waals surface area contributed by atoms with E-state index in [-0.39, 0.29) is 12.1 Å². The molecule has 0 aliphatic carbocycles. The molecule has 3 rings (SSSR count). The Morgan fingerprint density at radius 1 is 1.08 bits per heavy atom. The number of rotatable bonds is 3. The molecule has 0 fully saturated rings. The summed E-state index contributed by atoms with van der Waals surface area (Å²) in [6, 6.07) is 12.4. The van der Waals surface area contributed by atoms with Crippen molar-refractivity contribution in [1.82, 2.24) is 4.90 Å². The van der Waals surface area contributed by atoms with Crippen LogP contribution in [0.1, 0.15) is 22.3 Å². The second kappa shape index (κ2) is 6.28. The van der Waals surface area contributed by atoms with E-state index in [2.05, 4.69) is 0 Å². The molecule has 2 aromatic carbocycles. The van der Waals surface area contributed by atoms with Gasteiger partial charge in [-0.05, 0) is 29.2 Å². The van der Waals surface area contributed by atoms with Crippen LogP contribution >= 0.6 is 0 Å². The molecule has 24 heavy (non-hydrogen) atoms. The van der Waals surface area contributed by atoms with Gasteiger partial charge >= 0.3 is 6.18 Å². The summed E-state index contributed by atoms with van der Waals surface area (Å²) >= 11 is 0. The molecule has 1 unspecified atom stereocenters. The second-order valence-corrected chi connectivity index (χ2v) is 5.95. The van der Waals surface area contributed by atoms with Gasteiger partial charge in [0.05, 0.1) is 11.6 Å². The number of amides is 1. The Labute approximate surface area is 137 Å². The number of halogens is 3. The fourth-order valence-electron chi connectivity index (χ4n) is 3.18. The lowest BCUT2D eigenvalue weighted by molar-refractivity contribution is -0.138. The van der Waals surface area contributed by atoms with Gasteiger partial charge in [-0.25, -0.2) is 0 Å². The molecular formula is C18H17F3N2O. The zero-order chi connectivity index (χ0) is 17.3. The maximum absolute atomic E-state index is 13.2. The molecule has 1 aliphatic heterocycles. The van der Waals surface area contributed by atoms with Gasteiger partial charge < -0.3 is 5.73 Å². The summed E-state index contributed by atoms with van der Waals surface area (Å²) in [7, 11) is 0. The minimum atomic E-state index is -4.42. The maximum Gasteiger partial charge on any atom is 0.416 e. The van der Waals surface area contributed by atoms with Gasteiger partial charge in [0.25, 0.3) is 0 Å². The normalized spacial score (nSPS) is 18.2. The van der Waals surface area contributed by atoms with Crippen LogP contribution in [0.2, 0.25) is 0 Å². The number of nitrogens with zero attached hydrogens (tertiary/aromatic N) is 1. The molecule has 0 aromatic heterocycles. The van der Waals surface area contributed by atoms with Crippen LogP contribution in [0, 0.1) is 0 Å². The Balaban J connectivity index is 1.93. The van der Waals surface area contributed by atoms with Crippen LogP contribution < -0.4 is 5.73 Å². The Bertz CT molecular complexity index is 758. The van der Waals surface area contributed by atoms with E-state index in [1.54, 1.807) is 11.0 Å². The highest BCUT2D eigenvalue weighted by atomic mass is 19.4. The van der Waals surface area contributed by atoms with E-state index < -0.39 is 23.7 Å². The molecule has 3 nitrogen and oxygen atoms in total. The first-order valence-corrected chi connectivity index (χ1v) is 7.61. The van der Waals surface area contributed by atoms with Crippen molar-refractivity contribution < 1.29 is 18.0 Å². The molecule has 1 amide bonds. The largest absolute Gasteiger partial charge is 0.416 e. The number of alkyl halides is 3. The lowest BCUT2D eigenvalue weighted by Crippen LogP contribution is -2.48.